The van der Waals surface area contributed by atoms with E-state index in [1.165, 1.54) is 31.3 Å². The van der Waals surface area contributed by atoms with Crippen molar-refractivity contribution in [2.24, 2.45) is 0 Å². The van der Waals surface area contributed by atoms with E-state index in [1.807, 2.05) is 6.92 Å². The van der Waals surface area contributed by atoms with E-state index in [1.54, 1.807) is 42.9 Å². The Bertz CT molecular complexity index is 1630. The highest BCUT2D eigenvalue weighted by Crippen LogP contribution is 2.34. The number of alkyl halides is 3. The molecule has 4 aromatic rings. The number of anilines is 3. The van der Waals surface area contributed by atoms with Gasteiger partial charge in [0.05, 0.1) is 11.3 Å². The highest BCUT2D eigenvalue weighted by Gasteiger charge is 2.36. The predicted octanol–water partition coefficient (Wildman–Crippen LogP) is 6.35. The Kier molecular flexibility index (Phi) is 9.96. The van der Waals surface area contributed by atoms with Gasteiger partial charge in [-0.05, 0) is 80.7 Å². The zero-order chi connectivity index (χ0) is 30.7. The molecule has 0 saturated carbocycles. The van der Waals surface area contributed by atoms with Gasteiger partial charge in [-0.25, -0.2) is 19.9 Å². The van der Waals surface area contributed by atoms with Gasteiger partial charge >= 0.3 is 6.18 Å². The number of aromatic nitrogens is 4. The summed E-state index contributed by atoms with van der Waals surface area (Å²) in [5, 5.41) is 5.89. The van der Waals surface area contributed by atoms with Gasteiger partial charge in [0.25, 0.3) is 5.91 Å². The summed E-state index contributed by atoms with van der Waals surface area (Å²) < 4.78 is 42.5. The van der Waals surface area contributed by atoms with Crippen LogP contribution in [0, 0.1) is 6.92 Å². The second-order valence-electron chi connectivity index (χ2n) is 11.3. The lowest BCUT2D eigenvalue weighted by atomic mass is 10.0. The van der Waals surface area contributed by atoms with E-state index in [2.05, 4.69) is 40.4 Å². The van der Waals surface area contributed by atoms with Crippen LogP contribution >= 0.6 is 12.4 Å². The molecule has 2 aliphatic rings. The molecule has 0 aliphatic carbocycles. The zero-order valence-electron chi connectivity index (χ0n) is 24.7. The molecule has 2 aromatic carbocycles. The lowest BCUT2D eigenvalue weighted by Gasteiger charge is -2.24. The van der Waals surface area contributed by atoms with Crippen LogP contribution in [0.1, 0.15) is 46.3 Å². The number of benzene rings is 2. The van der Waals surface area contributed by atoms with E-state index in [0.717, 1.165) is 49.8 Å². The molecule has 2 aliphatic heterocycles. The summed E-state index contributed by atoms with van der Waals surface area (Å²) in [4.78, 5) is 34.5. The smallest absolute Gasteiger partial charge is 0.324 e. The van der Waals surface area contributed by atoms with E-state index >= 15 is 0 Å². The maximum Gasteiger partial charge on any atom is 0.416 e. The Balaban J connectivity index is 0.00000400. The fraction of sp³-hybridized carbons (Fsp3) is 0.344. The molecule has 1 amide bonds. The summed E-state index contributed by atoms with van der Waals surface area (Å²) in [5.74, 6) is -0.303. The maximum absolute atomic E-state index is 14.2. The van der Waals surface area contributed by atoms with Crippen molar-refractivity contribution in [2.75, 3.05) is 36.8 Å². The fourth-order valence-electron chi connectivity index (χ4n) is 5.89. The number of halogens is 4. The molecule has 1 atom stereocenters. The third kappa shape index (κ3) is 7.75. The highest BCUT2D eigenvalue weighted by molar-refractivity contribution is 6.04. The van der Waals surface area contributed by atoms with E-state index in [4.69, 9.17) is 0 Å². The van der Waals surface area contributed by atoms with Crippen LogP contribution in [0.2, 0.25) is 0 Å². The van der Waals surface area contributed by atoms with Crippen molar-refractivity contribution in [3.05, 3.63) is 89.6 Å². The van der Waals surface area contributed by atoms with Crippen LogP contribution in [0.4, 0.5) is 30.5 Å². The van der Waals surface area contributed by atoms with E-state index in [-0.39, 0.29) is 30.1 Å². The average molecular weight is 639 g/mol. The molecule has 2 fully saturated rings. The molecule has 6 rings (SSSR count). The second-order valence-corrected chi connectivity index (χ2v) is 11.3. The van der Waals surface area contributed by atoms with Crippen LogP contribution in [0.3, 0.4) is 0 Å². The van der Waals surface area contributed by atoms with Crippen molar-refractivity contribution < 1.29 is 18.0 Å². The summed E-state index contributed by atoms with van der Waals surface area (Å²) in [6.07, 6.45) is 5.09. The first-order valence-electron chi connectivity index (χ1n) is 14.7. The summed E-state index contributed by atoms with van der Waals surface area (Å²) in [5.41, 5.74) is 2.61. The normalized spacial score (nSPS) is 17.2. The van der Waals surface area contributed by atoms with Gasteiger partial charge in [0.2, 0.25) is 5.95 Å². The molecular weight excluding hydrogens is 605 g/mol. The van der Waals surface area contributed by atoms with Crippen LogP contribution in [0.5, 0.6) is 0 Å². The lowest BCUT2D eigenvalue weighted by Crippen LogP contribution is -2.35. The lowest BCUT2D eigenvalue weighted by molar-refractivity contribution is -0.138. The number of hydrogen-bond donors (Lipinski definition) is 2. The summed E-state index contributed by atoms with van der Waals surface area (Å²) in [6.45, 7) is 5.75. The Hall–Kier alpha value is -4.13. The predicted molar refractivity (Wildman–Crippen MR) is 169 cm³/mol. The highest BCUT2D eigenvalue weighted by atomic mass is 35.5. The van der Waals surface area contributed by atoms with Gasteiger partial charge in [-0.15, -0.1) is 12.4 Å². The zero-order valence-corrected chi connectivity index (χ0v) is 25.5. The fourth-order valence-corrected chi connectivity index (χ4v) is 5.89. The molecule has 45 heavy (non-hydrogen) atoms. The molecule has 13 heteroatoms. The number of nitrogens with one attached hydrogen (secondary N) is 2. The van der Waals surface area contributed by atoms with Gasteiger partial charge < -0.3 is 10.6 Å². The first-order valence-corrected chi connectivity index (χ1v) is 14.7. The van der Waals surface area contributed by atoms with Crippen LogP contribution in [-0.4, -0.2) is 67.9 Å². The Morgan fingerprint density at radius 2 is 1.80 bits per heavy atom. The van der Waals surface area contributed by atoms with E-state index in [9.17, 15) is 18.0 Å². The molecular formula is C32H34ClF3N8O. The first kappa shape index (κ1) is 32.3. The van der Waals surface area contributed by atoms with Gasteiger partial charge in [0.15, 0.2) is 0 Å². The second kappa shape index (κ2) is 13.9. The summed E-state index contributed by atoms with van der Waals surface area (Å²) in [6, 6.07) is 11.2. The van der Waals surface area contributed by atoms with Gasteiger partial charge in [0, 0.05) is 66.8 Å². The molecule has 4 heterocycles. The molecule has 2 aromatic heterocycles. The van der Waals surface area contributed by atoms with Gasteiger partial charge in [-0.2, -0.15) is 13.2 Å². The summed E-state index contributed by atoms with van der Waals surface area (Å²) in [7, 11) is 0. The molecule has 2 N–H and O–H groups in total. The Labute approximate surface area is 265 Å². The summed E-state index contributed by atoms with van der Waals surface area (Å²) >= 11 is 0. The topological polar surface area (TPSA) is 99.2 Å². The van der Waals surface area contributed by atoms with Gasteiger partial charge in [-0.1, -0.05) is 12.1 Å². The van der Waals surface area contributed by atoms with Crippen molar-refractivity contribution in [2.45, 2.75) is 44.9 Å². The number of carbonyl (C=O) groups excluding carboxylic acids is 1. The molecule has 236 valence electrons. The average Bonchev–Trinajstić information content (AvgIpc) is 3.72. The SMILES string of the molecule is Cc1ccc(NC(=O)c2ccc(CN3CCC(N4CCCC4)C3)c(C(F)(F)F)c2)cc1Nc1nccc(-c2cncnc2)n1.Cl. The number of hydrogen-bond acceptors (Lipinski definition) is 8. The maximum atomic E-state index is 14.2. The van der Waals surface area contributed by atoms with Crippen molar-refractivity contribution in [1.82, 2.24) is 29.7 Å². The minimum absolute atomic E-state index is 0. The van der Waals surface area contributed by atoms with Crippen molar-refractivity contribution in [1.29, 1.82) is 0 Å². The van der Waals surface area contributed by atoms with E-state index in [0.29, 0.717) is 29.1 Å². The number of likely N-dealkylation sites (tertiary alicyclic amines) is 2. The van der Waals surface area contributed by atoms with Crippen molar-refractivity contribution in [3.63, 3.8) is 0 Å². The first-order chi connectivity index (χ1) is 21.2. The molecule has 0 radical (unpaired) electrons. The minimum atomic E-state index is -4.58. The van der Waals surface area contributed by atoms with Crippen LogP contribution < -0.4 is 10.6 Å². The largest absolute Gasteiger partial charge is 0.416 e. The quantitative estimate of drug-likeness (QED) is 0.230. The number of carbonyl (C=O) groups is 1. The standard InChI is InChI=1S/C32H33F3N8O.ClH/c1-21-4-7-25(15-29(21)41-31-38-10-8-28(40-31)24-16-36-20-37-17-24)39-30(44)22-5-6-23(27(14-22)32(33,34)35)18-42-13-9-26(19-42)43-11-2-3-12-43;/h4-8,10,14-17,20,26H,2-3,9,11-13,18-19H2,1H3,(H,39,44)(H,38,40,41);1H. The molecule has 1 unspecified atom stereocenters. The molecule has 2 saturated heterocycles. The van der Waals surface area contributed by atoms with Crippen LogP contribution in [0.25, 0.3) is 11.3 Å². The molecule has 0 bridgehead atoms. The monoisotopic (exact) mass is 638 g/mol. The van der Waals surface area contributed by atoms with Gasteiger partial charge in [-0.3, -0.25) is 14.6 Å². The third-order valence-corrected chi connectivity index (χ3v) is 8.23. The number of nitrogens with zero attached hydrogens (tertiary/aromatic N) is 6. The third-order valence-electron chi connectivity index (χ3n) is 8.23. The van der Waals surface area contributed by atoms with Crippen LogP contribution in [-0.2, 0) is 12.7 Å². The van der Waals surface area contributed by atoms with Crippen molar-refractivity contribution >= 4 is 35.6 Å². The molecule has 9 nitrogen and oxygen atoms in total. The number of rotatable bonds is 8. The molecule has 0 spiro atoms. The minimum Gasteiger partial charge on any atom is -0.324 e. The Morgan fingerprint density at radius 3 is 2.56 bits per heavy atom. The number of amides is 1. The Morgan fingerprint density at radius 1 is 1.02 bits per heavy atom. The van der Waals surface area contributed by atoms with Gasteiger partial charge in [0.1, 0.15) is 6.33 Å². The van der Waals surface area contributed by atoms with E-state index < -0.39 is 17.6 Å². The van der Waals surface area contributed by atoms with Crippen LogP contribution in [0.15, 0.2) is 67.4 Å². The number of aryl methyl sites for hydroxylation is 1. The van der Waals surface area contributed by atoms with Crippen molar-refractivity contribution in [3.8, 4) is 11.3 Å².